The largest absolute Gasteiger partial charge is 0.497 e. The number of carbonyl (C=O) groups is 3. The SMILES string of the molecule is COc1ccc2c(c1)C(=O)N(C[C@@]1(C#Cc3cnccc3C3CC3)NC(=O)NC1=O)C2. The van der Waals surface area contributed by atoms with E-state index in [1.807, 2.05) is 12.1 Å². The number of rotatable bonds is 4. The van der Waals surface area contributed by atoms with Crippen molar-refractivity contribution in [2.45, 2.75) is 30.8 Å². The van der Waals surface area contributed by atoms with Gasteiger partial charge in [-0.15, -0.1) is 0 Å². The Kier molecular flexibility index (Phi) is 4.40. The first-order valence-corrected chi connectivity index (χ1v) is 10.1. The lowest BCUT2D eigenvalue weighted by atomic mass is 9.98. The van der Waals surface area contributed by atoms with E-state index < -0.39 is 17.5 Å². The van der Waals surface area contributed by atoms with Gasteiger partial charge >= 0.3 is 6.03 Å². The van der Waals surface area contributed by atoms with Crippen LogP contribution in [0.3, 0.4) is 0 Å². The number of hydrogen-bond donors (Lipinski definition) is 2. The van der Waals surface area contributed by atoms with E-state index in [-0.39, 0.29) is 12.5 Å². The normalized spacial score (nSPS) is 21.8. The maximum absolute atomic E-state index is 13.0. The third kappa shape index (κ3) is 3.38. The molecule has 31 heavy (non-hydrogen) atoms. The van der Waals surface area contributed by atoms with Gasteiger partial charge < -0.3 is 15.0 Å². The Morgan fingerprint density at radius 3 is 2.81 bits per heavy atom. The summed E-state index contributed by atoms with van der Waals surface area (Å²) in [6.07, 6.45) is 5.61. The minimum atomic E-state index is -1.53. The summed E-state index contributed by atoms with van der Waals surface area (Å²) in [6, 6.07) is 6.61. The highest BCUT2D eigenvalue weighted by atomic mass is 16.5. The van der Waals surface area contributed by atoms with E-state index in [0.29, 0.717) is 23.8 Å². The molecule has 1 aliphatic carbocycles. The zero-order valence-corrected chi connectivity index (χ0v) is 16.9. The minimum absolute atomic E-state index is 0.0631. The number of imide groups is 1. The van der Waals surface area contributed by atoms with Gasteiger partial charge in [-0.25, -0.2) is 4.79 Å². The Hall–Kier alpha value is -3.86. The molecular weight excluding hydrogens is 396 g/mol. The number of urea groups is 1. The molecule has 4 amide bonds. The third-order valence-electron chi connectivity index (χ3n) is 5.85. The van der Waals surface area contributed by atoms with Crippen LogP contribution < -0.4 is 15.4 Å². The first-order valence-electron chi connectivity index (χ1n) is 10.1. The van der Waals surface area contributed by atoms with Crippen LogP contribution in [0.25, 0.3) is 0 Å². The predicted molar refractivity (Wildman–Crippen MR) is 110 cm³/mol. The molecule has 2 aromatic rings. The molecule has 3 heterocycles. The summed E-state index contributed by atoms with van der Waals surface area (Å²) < 4.78 is 5.21. The fourth-order valence-corrected chi connectivity index (χ4v) is 4.05. The molecule has 156 valence electrons. The quantitative estimate of drug-likeness (QED) is 0.582. The Morgan fingerprint density at radius 2 is 2.10 bits per heavy atom. The van der Waals surface area contributed by atoms with Gasteiger partial charge in [0.2, 0.25) is 5.54 Å². The summed E-state index contributed by atoms with van der Waals surface area (Å²) >= 11 is 0. The van der Waals surface area contributed by atoms with Crippen LogP contribution >= 0.6 is 0 Å². The predicted octanol–water partition coefficient (Wildman–Crippen LogP) is 1.55. The van der Waals surface area contributed by atoms with E-state index in [4.69, 9.17) is 4.74 Å². The van der Waals surface area contributed by atoms with E-state index >= 15 is 0 Å². The van der Waals surface area contributed by atoms with Crippen molar-refractivity contribution < 1.29 is 19.1 Å². The number of benzene rings is 1. The topological polar surface area (TPSA) is 101 Å². The molecule has 5 rings (SSSR count). The van der Waals surface area contributed by atoms with Crippen LogP contribution in [-0.2, 0) is 11.3 Å². The zero-order valence-electron chi connectivity index (χ0n) is 16.9. The van der Waals surface area contributed by atoms with Crippen LogP contribution in [0.4, 0.5) is 4.79 Å². The van der Waals surface area contributed by atoms with Crippen LogP contribution in [0.1, 0.15) is 45.8 Å². The highest BCUT2D eigenvalue weighted by molar-refractivity contribution is 6.10. The monoisotopic (exact) mass is 416 g/mol. The van der Waals surface area contributed by atoms with Crippen molar-refractivity contribution in [2.24, 2.45) is 0 Å². The molecule has 2 fully saturated rings. The maximum atomic E-state index is 13.0. The summed E-state index contributed by atoms with van der Waals surface area (Å²) in [4.78, 5) is 43.4. The van der Waals surface area contributed by atoms with Gasteiger partial charge in [0.15, 0.2) is 0 Å². The number of methoxy groups -OCH3 is 1. The molecule has 0 radical (unpaired) electrons. The molecule has 1 aromatic heterocycles. The third-order valence-corrected chi connectivity index (χ3v) is 5.85. The molecule has 3 aliphatic rings. The molecule has 0 unspecified atom stereocenters. The first-order chi connectivity index (χ1) is 15.0. The molecule has 8 nitrogen and oxygen atoms in total. The van der Waals surface area contributed by atoms with Crippen molar-refractivity contribution in [1.82, 2.24) is 20.5 Å². The molecular formula is C23H20N4O4. The first kappa shape index (κ1) is 19.1. The van der Waals surface area contributed by atoms with Crippen molar-refractivity contribution in [3.8, 4) is 17.6 Å². The molecule has 0 spiro atoms. The molecule has 1 atom stereocenters. The van der Waals surface area contributed by atoms with E-state index in [1.54, 1.807) is 24.5 Å². The molecule has 0 bridgehead atoms. The fourth-order valence-electron chi connectivity index (χ4n) is 4.05. The van der Waals surface area contributed by atoms with E-state index in [1.165, 1.54) is 12.0 Å². The number of fused-ring (bicyclic) bond motifs is 1. The summed E-state index contributed by atoms with van der Waals surface area (Å²) in [5.74, 6) is 6.25. The van der Waals surface area contributed by atoms with Crippen LogP contribution in [0.15, 0.2) is 36.7 Å². The van der Waals surface area contributed by atoms with E-state index in [0.717, 1.165) is 29.5 Å². The summed E-state index contributed by atoms with van der Waals surface area (Å²) in [5, 5.41) is 4.89. The Bertz CT molecular complexity index is 1180. The second kappa shape index (κ2) is 7.13. The van der Waals surface area contributed by atoms with Gasteiger partial charge in [-0.05, 0) is 48.1 Å². The number of pyridine rings is 1. The molecule has 8 heteroatoms. The summed E-state index contributed by atoms with van der Waals surface area (Å²) in [5.41, 5.74) is 1.66. The Morgan fingerprint density at radius 1 is 1.26 bits per heavy atom. The van der Waals surface area contributed by atoms with Gasteiger partial charge in [-0.2, -0.15) is 0 Å². The smallest absolute Gasteiger partial charge is 0.323 e. The minimum Gasteiger partial charge on any atom is -0.497 e. The van der Waals surface area contributed by atoms with Crippen molar-refractivity contribution >= 4 is 17.8 Å². The maximum Gasteiger partial charge on any atom is 0.323 e. The lowest BCUT2D eigenvalue weighted by molar-refractivity contribution is -0.122. The standard InChI is InChI=1S/C23H20N4O4/c1-31-17-5-4-16-12-27(20(28)19(16)10-17)13-23(21(29)25-22(30)26-23)8-6-15-11-24-9-7-18(15)14-2-3-14/h4-5,7,9-11,14H,2-3,12-13H2,1H3,(H2,25,26,29,30)/t23-/m1/s1. The fraction of sp³-hybridized carbons (Fsp3) is 0.304. The van der Waals surface area contributed by atoms with Crippen LogP contribution in [0.2, 0.25) is 0 Å². The second-order valence-corrected chi connectivity index (χ2v) is 7.99. The lowest BCUT2D eigenvalue weighted by Crippen LogP contribution is -2.54. The number of nitrogens with zero attached hydrogens (tertiary/aromatic N) is 2. The van der Waals surface area contributed by atoms with Gasteiger partial charge in [0.1, 0.15) is 5.75 Å². The van der Waals surface area contributed by atoms with Gasteiger partial charge in [-0.3, -0.25) is 19.9 Å². The average molecular weight is 416 g/mol. The van der Waals surface area contributed by atoms with Gasteiger partial charge in [0.05, 0.1) is 13.7 Å². The Balaban J connectivity index is 1.47. The molecule has 1 aromatic carbocycles. The summed E-state index contributed by atoms with van der Waals surface area (Å²) in [6.45, 7) is 0.261. The lowest BCUT2D eigenvalue weighted by Gasteiger charge is -2.26. The van der Waals surface area contributed by atoms with Crippen LogP contribution in [0.5, 0.6) is 5.75 Å². The Labute approximate surface area is 179 Å². The highest BCUT2D eigenvalue weighted by Crippen LogP contribution is 2.41. The molecule has 1 saturated carbocycles. The van der Waals surface area contributed by atoms with Crippen LogP contribution in [0, 0.1) is 11.8 Å². The van der Waals surface area contributed by atoms with Crippen molar-refractivity contribution in [2.75, 3.05) is 13.7 Å². The number of ether oxygens (including phenoxy) is 1. The average Bonchev–Trinajstić information content (AvgIpc) is 3.52. The second-order valence-electron chi connectivity index (χ2n) is 7.99. The summed E-state index contributed by atoms with van der Waals surface area (Å²) in [7, 11) is 1.54. The highest BCUT2D eigenvalue weighted by Gasteiger charge is 2.48. The number of amides is 4. The zero-order chi connectivity index (χ0) is 21.6. The number of aromatic nitrogens is 1. The number of hydrogen-bond acceptors (Lipinski definition) is 5. The number of nitrogens with one attached hydrogen (secondary N) is 2. The molecule has 2 N–H and O–H groups in total. The van der Waals surface area contributed by atoms with Crippen molar-refractivity contribution in [3.63, 3.8) is 0 Å². The van der Waals surface area contributed by atoms with Crippen molar-refractivity contribution in [3.05, 3.63) is 58.9 Å². The molecule has 1 saturated heterocycles. The van der Waals surface area contributed by atoms with E-state index in [9.17, 15) is 14.4 Å². The van der Waals surface area contributed by atoms with Crippen molar-refractivity contribution in [1.29, 1.82) is 0 Å². The van der Waals surface area contributed by atoms with Crippen LogP contribution in [-0.4, -0.2) is 46.9 Å². The molecule has 2 aliphatic heterocycles. The number of carbonyl (C=O) groups excluding carboxylic acids is 3. The van der Waals surface area contributed by atoms with Gasteiger partial charge in [-0.1, -0.05) is 17.9 Å². The van der Waals surface area contributed by atoms with Gasteiger partial charge in [0.25, 0.3) is 11.8 Å². The van der Waals surface area contributed by atoms with Gasteiger partial charge in [0, 0.05) is 30.1 Å². The van der Waals surface area contributed by atoms with E-state index in [2.05, 4.69) is 27.5 Å².